The zero-order chi connectivity index (χ0) is 10.7. The Hall–Kier alpha value is -1.51. The number of hydrogen-bond donors (Lipinski definition) is 1. The number of fused-ring (bicyclic) bond motifs is 1. The Balaban J connectivity index is 2.18. The third kappa shape index (κ3) is 1.96. The minimum Gasteiger partial charge on any atom is -0.493 e. The standard InChI is InChI=1S/C10H10BNO3/c12-5-2-6-14-9-4-1-3-8-7-15-11(13)10(8)9/h1,3-4,13H,2,6-7H2. The van der Waals surface area contributed by atoms with Crippen LogP contribution in [0.5, 0.6) is 5.75 Å². The Labute approximate surface area is 88.2 Å². The summed E-state index contributed by atoms with van der Waals surface area (Å²) in [6, 6.07) is 7.51. The molecule has 5 heteroatoms. The zero-order valence-electron chi connectivity index (χ0n) is 8.14. The predicted octanol–water partition coefficient (Wildman–Crippen LogP) is 0.197. The van der Waals surface area contributed by atoms with Gasteiger partial charge in [0.2, 0.25) is 0 Å². The van der Waals surface area contributed by atoms with Crippen molar-refractivity contribution in [3.63, 3.8) is 0 Å². The molecule has 0 saturated heterocycles. The van der Waals surface area contributed by atoms with E-state index in [1.165, 1.54) is 0 Å². The molecule has 15 heavy (non-hydrogen) atoms. The van der Waals surface area contributed by atoms with E-state index < -0.39 is 7.12 Å². The van der Waals surface area contributed by atoms with Gasteiger partial charge in [0.25, 0.3) is 0 Å². The van der Waals surface area contributed by atoms with Crippen LogP contribution in [0, 0.1) is 11.3 Å². The van der Waals surface area contributed by atoms with Gasteiger partial charge in [0, 0.05) is 5.46 Å². The van der Waals surface area contributed by atoms with Crippen LogP contribution < -0.4 is 10.2 Å². The number of rotatable bonds is 3. The molecule has 0 atom stereocenters. The van der Waals surface area contributed by atoms with Gasteiger partial charge in [-0.15, -0.1) is 0 Å². The lowest BCUT2D eigenvalue weighted by Gasteiger charge is -2.08. The summed E-state index contributed by atoms with van der Waals surface area (Å²) in [5, 5.41) is 17.9. The molecule has 0 spiro atoms. The number of nitrogens with zero attached hydrogens (tertiary/aromatic N) is 1. The molecule has 0 aliphatic carbocycles. The molecule has 1 aromatic rings. The first-order valence-corrected chi connectivity index (χ1v) is 4.74. The van der Waals surface area contributed by atoms with Crippen LogP contribution in [0.15, 0.2) is 18.2 Å². The first kappa shape index (κ1) is 10.0. The summed E-state index contributed by atoms with van der Waals surface area (Å²) in [7, 11) is -0.904. The molecule has 1 aliphatic rings. The molecule has 4 nitrogen and oxygen atoms in total. The van der Waals surface area contributed by atoms with Crippen LogP contribution in [-0.4, -0.2) is 18.7 Å². The first-order valence-electron chi connectivity index (χ1n) is 4.74. The molecular weight excluding hydrogens is 193 g/mol. The second-order valence-corrected chi connectivity index (χ2v) is 3.25. The average Bonchev–Trinajstić information content (AvgIpc) is 2.62. The van der Waals surface area contributed by atoms with Crippen molar-refractivity contribution in [2.45, 2.75) is 13.0 Å². The van der Waals surface area contributed by atoms with E-state index in [4.69, 9.17) is 14.7 Å². The van der Waals surface area contributed by atoms with E-state index in [0.29, 0.717) is 30.8 Å². The number of nitriles is 1. The predicted molar refractivity (Wildman–Crippen MR) is 54.6 cm³/mol. The van der Waals surface area contributed by atoms with Crippen molar-refractivity contribution >= 4 is 12.6 Å². The Morgan fingerprint density at radius 1 is 1.60 bits per heavy atom. The SMILES string of the molecule is N#CCCOc1cccc2c1B(O)OC2. The fourth-order valence-electron chi connectivity index (χ4n) is 1.58. The highest BCUT2D eigenvalue weighted by Crippen LogP contribution is 2.18. The van der Waals surface area contributed by atoms with Crippen LogP contribution in [0.25, 0.3) is 0 Å². The number of hydrogen-bond acceptors (Lipinski definition) is 4. The summed E-state index contributed by atoms with van der Waals surface area (Å²) < 4.78 is 10.5. The molecule has 1 aromatic carbocycles. The molecule has 1 heterocycles. The van der Waals surface area contributed by atoms with Gasteiger partial charge >= 0.3 is 7.12 Å². The fraction of sp³-hybridized carbons (Fsp3) is 0.300. The van der Waals surface area contributed by atoms with E-state index in [1.54, 1.807) is 6.07 Å². The van der Waals surface area contributed by atoms with Crippen LogP contribution in [0.1, 0.15) is 12.0 Å². The van der Waals surface area contributed by atoms with Gasteiger partial charge < -0.3 is 14.4 Å². The molecule has 76 valence electrons. The van der Waals surface area contributed by atoms with E-state index in [-0.39, 0.29) is 0 Å². The van der Waals surface area contributed by atoms with Crippen LogP contribution in [0.2, 0.25) is 0 Å². The van der Waals surface area contributed by atoms with Gasteiger partial charge in [0.1, 0.15) is 12.4 Å². The number of benzene rings is 1. The molecule has 1 aliphatic heterocycles. The summed E-state index contributed by atoms with van der Waals surface area (Å²) in [5.74, 6) is 0.604. The lowest BCUT2D eigenvalue weighted by Crippen LogP contribution is -2.29. The van der Waals surface area contributed by atoms with Crippen LogP contribution in [0.4, 0.5) is 0 Å². The molecule has 0 aromatic heterocycles. The second kappa shape index (κ2) is 4.34. The van der Waals surface area contributed by atoms with E-state index in [1.807, 2.05) is 18.2 Å². The third-order valence-corrected chi connectivity index (χ3v) is 2.27. The van der Waals surface area contributed by atoms with Crippen LogP contribution in [0.3, 0.4) is 0 Å². The van der Waals surface area contributed by atoms with Crippen LogP contribution in [-0.2, 0) is 11.3 Å². The van der Waals surface area contributed by atoms with Crippen molar-refractivity contribution in [2.24, 2.45) is 0 Å². The molecule has 1 N–H and O–H groups in total. The lowest BCUT2D eigenvalue weighted by atomic mass is 9.79. The topological polar surface area (TPSA) is 62.5 Å². The molecule has 0 unspecified atom stereocenters. The van der Waals surface area contributed by atoms with Gasteiger partial charge in [-0.05, 0) is 11.6 Å². The van der Waals surface area contributed by atoms with E-state index >= 15 is 0 Å². The Bertz CT molecular complexity index is 402. The van der Waals surface area contributed by atoms with Crippen molar-refractivity contribution in [3.05, 3.63) is 23.8 Å². The maximum absolute atomic E-state index is 9.55. The zero-order valence-corrected chi connectivity index (χ0v) is 8.14. The van der Waals surface area contributed by atoms with Gasteiger partial charge in [-0.1, -0.05) is 12.1 Å². The van der Waals surface area contributed by atoms with Gasteiger partial charge in [0.15, 0.2) is 0 Å². The molecule has 0 amide bonds. The fourth-order valence-corrected chi connectivity index (χ4v) is 1.58. The van der Waals surface area contributed by atoms with Crippen molar-refractivity contribution in [2.75, 3.05) is 6.61 Å². The number of ether oxygens (including phenoxy) is 1. The lowest BCUT2D eigenvalue weighted by molar-refractivity contribution is 0.275. The summed E-state index contributed by atoms with van der Waals surface area (Å²) in [6.07, 6.45) is 0.334. The molecule has 2 rings (SSSR count). The monoisotopic (exact) mass is 203 g/mol. The summed E-state index contributed by atoms with van der Waals surface area (Å²) >= 11 is 0. The van der Waals surface area contributed by atoms with Gasteiger partial charge in [-0.25, -0.2) is 0 Å². The summed E-state index contributed by atoms with van der Waals surface area (Å²) in [5.41, 5.74) is 1.63. The average molecular weight is 203 g/mol. The van der Waals surface area contributed by atoms with Gasteiger partial charge in [-0.3, -0.25) is 0 Å². The van der Waals surface area contributed by atoms with Gasteiger partial charge in [-0.2, -0.15) is 5.26 Å². The Kier molecular flexibility index (Phi) is 2.90. The van der Waals surface area contributed by atoms with Crippen molar-refractivity contribution in [1.82, 2.24) is 0 Å². The van der Waals surface area contributed by atoms with Crippen molar-refractivity contribution in [3.8, 4) is 11.8 Å². The minimum atomic E-state index is -0.904. The highest BCUT2D eigenvalue weighted by molar-refractivity contribution is 6.62. The largest absolute Gasteiger partial charge is 0.495 e. The molecule has 0 bridgehead atoms. The van der Waals surface area contributed by atoms with E-state index in [2.05, 4.69) is 0 Å². The van der Waals surface area contributed by atoms with Crippen LogP contribution >= 0.6 is 0 Å². The second-order valence-electron chi connectivity index (χ2n) is 3.25. The summed E-state index contributed by atoms with van der Waals surface area (Å²) in [6.45, 7) is 0.742. The maximum Gasteiger partial charge on any atom is 0.495 e. The normalized spacial score (nSPS) is 13.5. The molecular formula is C10H10BNO3. The Morgan fingerprint density at radius 2 is 2.47 bits per heavy atom. The minimum absolute atomic E-state index is 0.333. The quantitative estimate of drug-likeness (QED) is 0.562. The maximum atomic E-state index is 9.55. The van der Waals surface area contributed by atoms with Crippen molar-refractivity contribution in [1.29, 1.82) is 5.26 Å². The smallest absolute Gasteiger partial charge is 0.493 e. The first-order chi connectivity index (χ1) is 7.33. The molecule has 0 radical (unpaired) electrons. The van der Waals surface area contributed by atoms with E-state index in [9.17, 15) is 5.02 Å². The third-order valence-electron chi connectivity index (χ3n) is 2.27. The Morgan fingerprint density at radius 3 is 3.27 bits per heavy atom. The summed E-state index contributed by atoms with van der Waals surface area (Å²) in [4.78, 5) is 0. The van der Waals surface area contributed by atoms with E-state index in [0.717, 1.165) is 5.56 Å². The molecule has 0 saturated carbocycles. The van der Waals surface area contributed by atoms with Gasteiger partial charge in [0.05, 0.1) is 19.1 Å². The van der Waals surface area contributed by atoms with Crippen molar-refractivity contribution < 1.29 is 14.4 Å². The highest BCUT2D eigenvalue weighted by Gasteiger charge is 2.30. The molecule has 0 fully saturated rings. The highest BCUT2D eigenvalue weighted by atomic mass is 16.5.